The number of benzene rings is 2. The summed E-state index contributed by atoms with van der Waals surface area (Å²) in [6, 6.07) is 11.5. The highest BCUT2D eigenvalue weighted by Gasteiger charge is 2.21. The molecule has 0 aliphatic heterocycles. The van der Waals surface area contributed by atoms with Crippen molar-refractivity contribution < 1.29 is 13.2 Å². The van der Waals surface area contributed by atoms with Crippen molar-refractivity contribution in [1.29, 1.82) is 0 Å². The first-order chi connectivity index (χ1) is 12.4. The molecule has 0 bridgehead atoms. The number of aryl methyl sites for hydroxylation is 1. The Labute approximate surface area is 150 Å². The number of rotatable bonds is 5. The molecule has 3 rings (SSSR count). The van der Waals surface area contributed by atoms with Crippen LogP contribution in [0.15, 0.2) is 53.7 Å². The van der Waals surface area contributed by atoms with E-state index in [1.165, 1.54) is 23.1 Å². The average Bonchev–Trinajstić information content (AvgIpc) is 3.18. The lowest BCUT2D eigenvalue weighted by Gasteiger charge is -2.12. The maximum absolute atomic E-state index is 12.7. The normalized spacial score (nSPS) is 11.3. The largest absolute Gasteiger partial charge is 0.322 e. The lowest BCUT2D eigenvalue weighted by atomic mass is 10.1. The zero-order valence-electron chi connectivity index (χ0n) is 14.2. The van der Waals surface area contributed by atoms with E-state index in [1.54, 1.807) is 25.1 Å². The number of nitrogens with one attached hydrogen (secondary N) is 1. The van der Waals surface area contributed by atoms with Gasteiger partial charge in [-0.3, -0.25) is 4.79 Å². The number of carbonyl (C=O) groups excluding carboxylic acids is 1. The highest BCUT2D eigenvalue weighted by molar-refractivity contribution is 7.91. The second kappa shape index (κ2) is 7.04. The number of anilines is 1. The third-order valence-electron chi connectivity index (χ3n) is 3.93. The van der Waals surface area contributed by atoms with Crippen molar-refractivity contribution in [3.05, 3.63) is 59.9 Å². The van der Waals surface area contributed by atoms with Crippen LogP contribution in [-0.2, 0) is 9.84 Å². The molecule has 0 spiro atoms. The van der Waals surface area contributed by atoms with E-state index in [-0.39, 0.29) is 16.2 Å². The van der Waals surface area contributed by atoms with Crippen LogP contribution in [0.25, 0.3) is 5.69 Å². The van der Waals surface area contributed by atoms with E-state index < -0.39 is 15.7 Å². The second-order valence-corrected chi connectivity index (χ2v) is 7.85. The maximum atomic E-state index is 12.7. The molecule has 1 N–H and O–H groups in total. The van der Waals surface area contributed by atoms with Gasteiger partial charge in [0.05, 0.1) is 21.9 Å². The quantitative estimate of drug-likeness (QED) is 0.735. The van der Waals surface area contributed by atoms with E-state index in [9.17, 15) is 13.2 Å². The number of sulfone groups is 1. The van der Waals surface area contributed by atoms with Gasteiger partial charge in [0, 0.05) is 5.69 Å². The predicted molar refractivity (Wildman–Crippen MR) is 96.0 cm³/mol. The SMILES string of the molecule is CCS(=O)(=O)c1ccccc1C(=O)Nc1cc(-n2cnnn2)ccc1C. The molecule has 0 saturated heterocycles. The van der Waals surface area contributed by atoms with Crippen molar-refractivity contribution in [3.8, 4) is 5.69 Å². The molecule has 9 heteroatoms. The first-order valence-corrected chi connectivity index (χ1v) is 9.55. The van der Waals surface area contributed by atoms with Crippen LogP contribution in [0.3, 0.4) is 0 Å². The van der Waals surface area contributed by atoms with Crippen LogP contribution in [0.5, 0.6) is 0 Å². The Bertz CT molecular complexity index is 1050. The number of nitrogens with zero attached hydrogens (tertiary/aromatic N) is 4. The molecule has 0 fully saturated rings. The summed E-state index contributed by atoms with van der Waals surface area (Å²) in [6.07, 6.45) is 1.44. The van der Waals surface area contributed by atoms with Gasteiger partial charge in [-0.05, 0) is 47.2 Å². The van der Waals surface area contributed by atoms with E-state index >= 15 is 0 Å². The first kappa shape index (κ1) is 17.7. The molecule has 0 atom stereocenters. The van der Waals surface area contributed by atoms with Crippen LogP contribution in [0.4, 0.5) is 5.69 Å². The summed E-state index contributed by atoms with van der Waals surface area (Å²) in [5.41, 5.74) is 2.16. The van der Waals surface area contributed by atoms with Crippen molar-refractivity contribution >= 4 is 21.4 Å². The zero-order chi connectivity index (χ0) is 18.7. The van der Waals surface area contributed by atoms with Crippen LogP contribution >= 0.6 is 0 Å². The Morgan fingerprint density at radius 2 is 1.96 bits per heavy atom. The number of amides is 1. The summed E-state index contributed by atoms with van der Waals surface area (Å²) < 4.78 is 26.0. The second-order valence-electron chi connectivity index (χ2n) is 5.61. The predicted octanol–water partition coefficient (Wildman–Crippen LogP) is 2.02. The molecular weight excluding hydrogens is 354 g/mol. The maximum Gasteiger partial charge on any atom is 0.256 e. The third-order valence-corrected chi connectivity index (χ3v) is 5.72. The molecule has 26 heavy (non-hydrogen) atoms. The molecule has 0 unspecified atom stereocenters. The molecule has 0 radical (unpaired) electrons. The molecular formula is C17H17N5O3S. The van der Waals surface area contributed by atoms with Crippen LogP contribution in [0, 0.1) is 6.92 Å². The summed E-state index contributed by atoms with van der Waals surface area (Å²) in [5, 5.41) is 13.8. The van der Waals surface area contributed by atoms with Gasteiger partial charge in [-0.1, -0.05) is 25.1 Å². The standard InChI is InChI=1S/C17H17N5O3S/c1-3-26(24,25)16-7-5-4-6-14(16)17(23)19-15-10-13(9-8-12(15)2)22-11-18-20-21-22/h4-11H,3H2,1-2H3,(H,19,23). The van der Waals surface area contributed by atoms with E-state index in [1.807, 2.05) is 19.1 Å². The van der Waals surface area contributed by atoms with Gasteiger partial charge in [0.15, 0.2) is 9.84 Å². The van der Waals surface area contributed by atoms with E-state index in [0.29, 0.717) is 11.4 Å². The van der Waals surface area contributed by atoms with Crippen LogP contribution < -0.4 is 5.32 Å². The van der Waals surface area contributed by atoms with Crippen LogP contribution in [0.2, 0.25) is 0 Å². The average molecular weight is 371 g/mol. The topological polar surface area (TPSA) is 107 Å². The van der Waals surface area contributed by atoms with E-state index in [2.05, 4.69) is 20.8 Å². The fourth-order valence-corrected chi connectivity index (χ4v) is 3.53. The Hall–Kier alpha value is -3.07. The number of hydrogen-bond acceptors (Lipinski definition) is 6. The van der Waals surface area contributed by atoms with Gasteiger partial charge in [-0.15, -0.1) is 5.10 Å². The van der Waals surface area contributed by atoms with Gasteiger partial charge in [-0.2, -0.15) is 0 Å². The summed E-state index contributed by atoms with van der Waals surface area (Å²) in [4.78, 5) is 12.7. The minimum atomic E-state index is -3.51. The Balaban J connectivity index is 1.96. The van der Waals surface area contributed by atoms with Gasteiger partial charge < -0.3 is 5.32 Å². The number of aromatic nitrogens is 4. The molecule has 8 nitrogen and oxygen atoms in total. The van der Waals surface area contributed by atoms with Gasteiger partial charge in [0.1, 0.15) is 6.33 Å². The van der Waals surface area contributed by atoms with Crippen molar-refractivity contribution in [2.24, 2.45) is 0 Å². The lowest BCUT2D eigenvalue weighted by Crippen LogP contribution is -2.18. The monoisotopic (exact) mass is 371 g/mol. The first-order valence-electron chi connectivity index (χ1n) is 7.89. The minimum absolute atomic E-state index is 0.0225. The fraction of sp³-hybridized carbons (Fsp3) is 0.176. The van der Waals surface area contributed by atoms with Crippen molar-refractivity contribution in [2.45, 2.75) is 18.7 Å². The van der Waals surface area contributed by atoms with Gasteiger partial charge >= 0.3 is 0 Å². The lowest BCUT2D eigenvalue weighted by molar-refractivity contribution is 0.102. The highest BCUT2D eigenvalue weighted by atomic mass is 32.2. The fourth-order valence-electron chi connectivity index (χ4n) is 2.44. The summed E-state index contributed by atoms with van der Waals surface area (Å²) in [5.74, 6) is -0.569. The number of tetrazole rings is 1. The van der Waals surface area contributed by atoms with Crippen LogP contribution in [0.1, 0.15) is 22.8 Å². The van der Waals surface area contributed by atoms with Crippen molar-refractivity contribution in [1.82, 2.24) is 20.2 Å². The Morgan fingerprint density at radius 1 is 1.19 bits per heavy atom. The zero-order valence-corrected chi connectivity index (χ0v) is 15.1. The molecule has 0 aliphatic carbocycles. The summed E-state index contributed by atoms with van der Waals surface area (Å²) in [7, 11) is -3.51. The summed E-state index contributed by atoms with van der Waals surface area (Å²) in [6.45, 7) is 3.39. The van der Waals surface area contributed by atoms with Crippen molar-refractivity contribution in [3.63, 3.8) is 0 Å². The van der Waals surface area contributed by atoms with Gasteiger partial charge in [0.25, 0.3) is 5.91 Å². The highest BCUT2D eigenvalue weighted by Crippen LogP contribution is 2.22. The van der Waals surface area contributed by atoms with Gasteiger partial charge in [0.2, 0.25) is 0 Å². The van der Waals surface area contributed by atoms with Gasteiger partial charge in [-0.25, -0.2) is 13.1 Å². The molecule has 0 aliphatic rings. The minimum Gasteiger partial charge on any atom is -0.322 e. The molecule has 1 amide bonds. The number of carbonyl (C=O) groups is 1. The number of hydrogen-bond donors (Lipinski definition) is 1. The summed E-state index contributed by atoms with van der Waals surface area (Å²) >= 11 is 0. The Kier molecular flexibility index (Phi) is 4.81. The molecule has 3 aromatic rings. The molecule has 1 aromatic heterocycles. The van der Waals surface area contributed by atoms with E-state index in [4.69, 9.17) is 0 Å². The molecule has 2 aromatic carbocycles. The van der Waals surface area contributed by atoms with Crippen LogP contribution in [-0.4, -0.2) is 40.3 Å². The smallest absolute Gasteiger partial charge is 0.256 e. The Morgan fingerprint density at radius 3 is 2.65 bits per heavy atom. The molecule has 1 heterocycles. The third kappa shape index (κ3) is 3.47. The van der Waals surface area contributed by atoms with E-state index in [0.717, 1.165) is 5.56 Å². The molecule has 0 saturated carbocycles. The van der Waals surface area contributed by atoms with Crippen molar-refractivity contribution in [2.75, 3.05) is 11.1 Å². The molecule has 134 valence electrons.